The highest BCUT2D eigenvalue weighted by Gasteiger charge is 2.12. The van der Waals surface area contributed by atoms with Crippen molar-refractivity contribution >= 4 is 11.9 Å². The summed E-state index contributed by atoms with van der Waals surface area (Å²) in [5.41, 5.74) is 1.38. The second-order valence-electron chi connectivity index (χ2n) is 4.62. The average Bonchev–Trinajstić information content (AvgIpc) is 2.34. The number of amides is 1. The number of aliphatic carboxylic acids is 1. The zero-order valence-corrected chi connectivity index (χ0v) is 11.2. The number of carboxylic acid groups (broad SMARTS) is 1. The van der Waals surface area contributed by atoms with Gasteiger partial charge in [0.1, 0.15) is 0 Å². The molecule has 1 aromatic rings. The summed E-state index contributed by atoms with van der Waals surface area (Å²) in [6.45, 7) is 3.68. The van der Waals surface area contributed by atoms with Gasteiger partial charge in [-0.2, -0.15) is 0 Å². The zero-order chi connectivity index (χ0) is 14.3. The van der Waals surface area contributed by atoms with Crippen LogP contribution in [0.3, 0.4) is 0 Å². The van der Waals surface area contributed by atoms with Gasteiger partial charge in [-0.15, -0.1) is 0 Å². The predicted molar refractivity (Wildman–Crippen MR) is 73.8 cm³/mol. The molecular formula is C15H19NO3. The molecule has 1 aromatic carbocycles. The highest BCUT2D eigenvalue weighted by atomic mass is 16.4. The van der Waals surface area contributed by atoms with Gasteiger partial charge in [-0.1, -0.05) is 30.3 Å². The van der Waals surface area contributed by atoms with Gasteiger partial charge in [0.05, 0.1) is 0 Å². The smallest absolute Gasteiger partial charge is 0.328 e. The van der Waals surface area contributed by atoms with Crippen LogP contribution >= 0.6 is 0 Å². The summed E-state index contributed by atoms with van der Waals surface area (Å²) in [4.78, 5) is 22.6. The van der Waals surface area contributed by atoms with E-state index in [0.717, 1.165) is 11.6 Å². The molecule has 0 spiro atoms. The SMILES string of the molecule is CC(C)NC(=O)/C(=C\C(=O)O)CCc1ccccc1. The highest BCUT2D eigenvalue weighted by Crippen LogP contribution is 2.10. The first-order valence-corrected chi connectivity index (χ1v) is 6.27. The predicted octanol–water partition coefficient (Wildman–Crippen LogP) is 2.15. The van der Waals surface area contributed by atoms with Crippen molar-refractivity contribution in [1.82, 2.24) is 5.32 Å². The third-order valence-electron chi connectivity index (χ3n) is 2.53. The van der Waals surface area contributed by atoms with Gasteiger partial charge in [-0.05, 0) is 32.3 Å². The maximum absolute atomic E-state index is 11.9. The van der Waals surface area contributed by atoms with Crippen LogP contribution in [0.25, 0.3) is 0 Å². The van der Waals surface area contributed by atoms with E-state index >= 15 is 0 Å². The van der Waals surface area contributed by atoms with Crippen molar-refractivity contribution in [1.29, 1.82) is 0 Å². The van der Waals surface area contributed by atoms with Crippen molar-refractivity contribution in [3.8, 4) is 0 Å². The maximum Gasteiger partial charge on any atom is 0.328 e. The van der Waals surface area contributed by atoms with Crippen molar-refractivity contribution in [2.75, 3.05) is 0 Å². The van der Waals surface area contributed by atoms with Crippen LogP contribution in [0.1, 0.15) is 25.8 Å². The van der Waals surface area contributed by atoms with Crippen molar-refractivity contribution in [2.45, 2.75) is 32.7 Å². The molecule has 0 aliphatic heterocycles. The van der Waals surface area contributed by atoms with Crippen LogP contribution in [0.2, 0.25) is 0 Å². The Kier molecular flexibility index (Phi) is 5.79. The van der Waals surface area contributed by atoms with Crippen LogP contribution in [0.4, 0.5) is 0 Å². The summed E-state index contributed by atoms with van der Waals surface area (Å²) in [5, 5.41) is 11.5. The molecule has 0 atom stereocenters. The molecule has 1 amide bonds. The Morgan fingerprint density at radius 1 is 1.26 bits per heavy atom. The lowest BCUT2D eigenvalue weighted by atomic mass is 10.0. The van der Waals surface area contributed by atoms with Crippen LogP contribution in [-0.2, 0) is 16.0 Å². The molecule has 0 heterocycles. The number of carboxylic acids is 1. The summed E-state index contributed by atoms with van der Waals surface area (Å²) >= 11 is 0. The first-order chi connectivity index (χ1) is 8.99. The second-order valence-corrected chi connectivity index (χ2v) is 4.62. The van der Waals surface area contributed by atoms with Crippen LogP contribution in [0.15, 0.2) is 42.0 Å². The van der Waals surface area contributed by atoms with E-state index in [4.69, 9.17) is 5.11 Å². The number of hydrogen-bond acceptors (Lipinski definition) is 2. The number of nitrogens with one attached hydrogen (secondary N) is 1. The lowest BCUT2D eigenvalue weighted by Gasteiger charge is -2.11. The Morgan fingerprint density at radius 2 is 1.89 bits per heavy atom. The largest absolute Gasteiger partial charge is 0.478 e. The normalized spacial score (nSPS) is 11.4. The molecule has 19 heavy (non-hydrogen) atoms. The van der Waals surface area contributed by atoms with Crippen molar-refractivity contribution in [3.05, 3.63) is 47.5 Å². The first-order valence-electron chi connectivity index (χ1n) is 6.27. The summed E-state index contributed by atoms with van der Waals surface area (Å²) in [5.74, 6) is -1.41. The third-order valence-corrected chi connectivity index (χ3v) is 2.53. The fraction of sp³-hybridized carbons (Fsp3) is 0.333. The molecule has 0 aliphatic rings. The van der Waals surface area contributed by atoms with Crippen LogP contribution in [0, 0.1) is 0 Å². The highest BCUT2D eigenvalue weighted by molar-refractivity contribution is 5.99. The second kappa shape index (κ2) is 7.36. The minimum atomic E-state index is -1.10. The van der Waals surface area contributed by atoms with Gasteiger partial charge in [-0.25, -0.2) is 4.79 Å². The average molecular weight is 261 g/mol. The third kappa shape index (κ3) is 5.86. The fourth-order valence-electron chi connectivity index (χ4n) is 1.68. The number of benzene rings is 1. The Bertz CT molecular complexity index is 464. The molecule has 0 aliphatic carbocycles. The Hall–Kier alpha value is -2.10. The van der Waals surface area contributed by atoms with E-state index in [1.54, 1.807) is 0 Å². The van der Waals surface area contributed by atoms with Crippen LogP contribution in [0.5, 0.6) is 0 Å². The van der Waals surface area contributed by atoms with E-state index in [1.807, 2.05) is 44.2 Å². The number of hydrogen-bond donors (Lipinski definition) is 2. The monoisotopic (exact) mass is 261 g/mol. The summed E-state index contributed by atoms with van der Waals surface area (Å²) < 4.78 is 0. The Morgan fingerprint density at radius 3 is 2.42 bits per heavy atom. The van der Waals surface area contributed by atoms with Crippen molar-refractivity contribution in [2.24, 2.45) is 0 Å². The minimum Gasteiger partial charge on any atom is -0.478 e. The van der Waals surface area contributed by atoms with Gasteiger partial charge in [0.15, 0.2) is 0 Å². The van der Waals surface area contributed by atoms with Crippen LogP contribution in [-0.4, -0.2) is 23.0 Å². The quantitative estimate of drug-likeness (QED) is 0.771. The van der Waals surface area contributed by atoms with Crippen molar-refractivity contribution in [3.63, 3.8) is 0 Å². The Labute approximate surface area is 113 Å². The summed E-state index contributed by atoms with van der Waals surface area (Å²) in [7, 11) is 0. The summed E-state index contributed by atoms with van der Waals surface area (Å²) in [6, 6.07) is 9.66. The molecule has 102 valence electrons. The number of aryl methyl sites for hydroxylation is 1. The molecule has 0 saturated carbocycles. The minimum absolute atomic E-state index is 0.0126. The topological polar surface area (TPSA) is 66.4 Å². The molecule has 2 N–H and O–H groups in total. The molecule has 0 bridgehead atoms. The molecule has 0 saturated heterocycles. The summed E-state index contributed by atoms with van der Waals surface area (Å²) in [6.07, 6.45) is 2.04. The van der Waals surface area contributed by atoms with E-state index in [9.17, 15) is 9.59 Å². The molecular weight excluding hydrogens is 242 g/mol. The van der Waals surface area contributed by atoms with E-state index in [2.05, 4.69) is 5.32 Å². The molecule has 4 nitrogen and oxygen atoms in total. The number of carbonyl (C=O) groups excluding carboxylic acids is 1. The van der Waals surface area contributed by atoms with E-state index in [0.29, 0.717) is 18.4 Å². The molecule has 0 radical (unpaired) electrons. The lowest BCUT2D eigenvalue weighted by molar-refractivity contribution is -0.132. The van der Waals surface area contributed by atoms with Gasteiger partial charge in [0.2, 0.25) is 5.91 Å². The van der Waals surface area contributed by atoms with E-state index < -0.39 is 5.97 Å². The number of rotatable bonds is 6. The van der Waals surface area contributed by atoms with Gasteiger partial charge in [0.25, 0.3) is 0 Å². The molecule has 0 aromatic heterocycles. The maximum atomic E-state index is 11.9. The van der Waals surface area contributed by atoms with Gasteiger partial charge in [-0.3, -0.25) is 4.79 Å². The van der Waals surface area contributed by atoms with Gasteiger partial charge in [0, 0.05) is 17.7 Å². The fourth-order valence-corrected chi connectivity index (χ4v) is 1.68. The number of carbonyl (C=O) groups is 2. The molecule has 0 unspecified atom stereocenters. The van der Waals surface area contributed by atoms with E-state index in [1.165, 1.54) is 0 Å². The first kappa shape index (κ1) is 15.0. The van der Waals surface area contributed by atoms with Crippen LogP contribution < -0.4 is 5.32 Å². The molecule has 0 fully saturated rings. The van der Waals surface area contributed by atoms with Gasteiger partial charge < -0.3 is 10.4 Å². The van der Waals surface area contributed by atoms with E-state index in [-0.39, 0.29) is 11.9 Å². The molecule has 1 rings (SSSR count). The molecule has 4 heteroatoms. The lowest BCUT2D eigenvalue weighted by Crippen LogP contribution is -2.31. The zero-order valence-electron chi connectivity index (χ0n) is 11.2. The standard InChI is InChI=1S/C15H19NO3/c1-11(2)16-15(19)13(10-14(17)18)9-8-12-6-4-3-5-7-12/h3-7,10-11H,8-9H2,1-2H3,(H,16,19)(H,17,18)/b13-10-. The van der Waals surface area contributed by atoms with Crippen molar-refractivity contribution < 1.29 is 14.7 Å². The Balaban J connectivity index is 2.71. The van der Waals surface area contributed by atoms with Gasteiger partial charge >= 0.3 is 5.97 Å².